The van der Waals surface area contributed by atoms with Crippen molar-refractivity contribution >= 4 is 12.0 Å². The average Bonchev–Trinajstić information content (AvgIpc) is 2.38. The number of rotatable bonds is 5. The summed E-state index contributed by atoms with van der Waals surface area (Å²) in [6.07, 6.45) is 4.93. The van der Waals surface area contributed by atoms with Crippen molar-refractivity contribution < 1.29 is 14.7 Å². The van der Waals surface area contributed by atoms with Crippen LogP contribution in [0.2, 0.25) is 0 Å². The van der Waals surface area contributed by atoms with Gasteiger partial charge < -0.3 is 15.7 Å². The third-order valence-electron chi connectivity index (χ3n) is 4.75. The van der Waals surface area contributed by atoms with E-state index in [0.717, 1.165) is 19.3 Å². The Bertz CT molecular complexity index is 368. The molecule has 0 saturated heterocycles. The molecule has 0 spiro atoms. The van der Waals surface area contributed by atoms with E-state index in [4.69, 9.17) is 0 Å². The number of hydrogen-bond donors (Lipinski definition) is 3. The molecule has 3 N–H and O–H groups in total. The maximum absolute atomic E-state index is 12.0. The highest BCUT2D eigenvalue weighted by molar-refractivity contribution is 5.78. The molecule has 20 heavy (non-hydrogen) atoms. The number of carbonyl (C=O) groups is 2. The van der Waals surface area contributed by atoms with Crippen molar-refractivity contribution in [1.82, 2.24) is 10.6 Å². The third-order valence-corrected chi connectivity index (χ3v) is 4.75. The van der Waals surface area contributed by atoms with E-state index in [9.17, 15) is 14.7 Å². The highest BCUT2D eigenvalue weighted by Gasteiger charge is 2.34. The average molecular weight is 284 g/mol. The fourth-order valence-corrected chi connectivity index (χ4v) is 2.60. The van der Waals surface area contributed by atoms with Gasteiger partial charge in [0.05, 0.1) is 5.41 Å². The second-order valence-corrected chi connectivity index (χ2v) is 6.83. The molecule has 0 aromatic carbocycles. The number of amides is 2. The normalized spacial score (nSPS) is 24.5. The number of carboxylic acid groups (broad SMARTS) is 1. The zero-order valence-electron chi connectivity index (χ0n) is 13.1. The molecule has 0 aliphatic heterocycles. The lowest BCUT2D eigenvalue weighted by atomic mass is 9.73. The quantitative estimate of drug-likeness (QED) is 0.726. The summed E-state index contributed by atoms with van der Waals surface area (Å²) >= 11 is 0. The van der Waals surface area contributed by atoms with E-state index < -0.39 is 11.4 Å². The molecular weight excluding hydrogens is 256 g/mol. The Morgan fingerprint density at radius 1 is 1.35 bits per heavy atom. The highest BCUT2D eigenvalue weighted by atomic mass is 16.4. The fourth-order valence-electron chi connectivity index (χ4n) is 2.60. The largest absolute Gasteiger partial charge is 0.481 e. The van der Waals surface area contributed by atoms with E-state index in [1.165, 1.54) is 6.42 Å². The second kappa shape index (κ2) is 6.46. The Hall–Kier alpha value is -1.26. The van der Waals surface area contributed by atoms with E-state index in [2.05, 4.69) is 24.5 Å². The minimum Gasteiger partial charge on any atom is -0.481 e. The van der Waals surface area contributed by atoms with Gasteiger partial charge in [0, 0.05) is 12.6 Å². The van der Waals surface area contributed by atoms with Crippen molar-refractivity contribution in [3.05, 3.63) is 0 Å². The van der Waals surface area contributed by atoms with Gasteiger partial charge in [-0.2, -0.15) is 0 Å². The fraction of sp³-hybridized carbons (Fsp3) is 0.867. The van der Waals surface area contributed by atoms with Crippen molar-refractivity contribution in [3.63, 3.8) is 0 Å². The zero-order chi connectivity index (χ0) is 15.4. The van der Waals surface area contributed by atoms with Crippen LogP contribution in [0.25, 0.3) is 0 Å². The third kappa shape index (κ3) is 4.12. The van der Waals surface area contributed by atoms with Crippen LogP contribution in [-0.4, -0.2) is 29.7 Å². The number of carbonyl (C=O) groups excluding carboxylic acids is 1. The van der Waals surface area contributed by atoms with Crippen LogP contribution in [-0.2, 0) is 4.79 Å². The summed E-state index contributed by atoms with van der Waals surface area (Å²) in [5.41, 5.74) is -0.796. The van der Waals surface area contributed by atoms with Crippen LogP contribution in [0.5, 0.6) is 0 Å². The van der Waals surface area contributed by atoms with Crippen LogP contribution < -0.4 is 10.6 Å². The number of hydrogen-bond acceptors (Lipinski definition) is 2. The van der Waals surface area contributed by atoms with Crippen molar-refractivity contribution in [3.8, 4) is 0 Å². The molecule has 1 aliphatic rings. The maximum Gasteiger partial charge on any atom is 0.315 e. The second-order valence-electron chi connectivity index (χ2n) is 6.83. The monoisotopic (exact) mass is 284 g/mol. The number of aliphatic carboxylic acids is 1. The summed E-state index contributed by atoms with van der Waals surface area (Å²) in [6.45, 7) is 7.96. The molecule has 1 rings (SSSR count). The SMILES string of the molecule is CCC(C)(CNC(=O)NC1CCCCC1(C)C)C(=O)O. The number of urea groups is 1. The summed E-state index contributed by atoms with van der Waals surface area (Å²) in [5.74, 6) is -0.877. The molecule has 0 aromatic rings. The highest BCUT2D eigenvalue weighted by Crippen LogP contribution is 2.35. The summed E-state index contributed by atoms with van der Waals surface area (Å²) in [4.78, 5) is 23.2. The van der Waals surface area contributed by atoms with Crippen molar-refractivity contribution in [2.24, 2.45) is 10.8 Å². The Balaban J connectivity index is 2.49. The lowest BCUT2D eigenvalue weighted by molar-refractivity contribution is -0.147. The molecule has 1 aliphatic carbocycles. The van der Waals surface area contributed by atoms with Gasteiger partial charge in [0.25, 0.3) is 0 Å². The van der Waals surface area contributed by atoms with Crippen molar-refractivity contribution in [2.45, 2.75) is 65.8 Å². The molecule has 2 unspecified atom stereocenters. The van der Waals surface area contributed by atoms with Crippen LogP contribution in [0.1, 0.15) is 59.8 Å². The van der Waals surface area contributed by atoms with Gasteiger partial charge in [0.2, 0.25) is 0 Å². The lowest BCUT2D eigenvalue weighted by Gasteiger charge is -2.39. The molecule has 5 heteroatoms. The van der Waals surface area contributed by atoms with Crippen LogP contribution in [0.3, 0.4) is 0 Å². The van der Waals surface area contributed by atoms with Crippen molar-refractivity contribution in [2.75, 3.05) is 6.54 Å². The van der Waals surface area contributed by atoms with Gasteiger partial charge in [0.1, 0.15) is 0 Å². The molecule has 1 saturated carbocycles. The van der Waals surface area contributed by atoms with Crippen molar-refractivity contribution in [1.29, 1.82) is 0 Å². The molecule has 5 nitrogen and oxygen atoms in total. The molecule has 116 valence electrons. The van der Waals surface area contributed by atoms with E-state index in [1.807, 2.05) is 6.92 Å². The van der Waals surface area contributed by atoms with E-state index >= 15 is 0 Å². The van der Waals surface area contributed by atoms with Crippen LogP contribution >= 0.6 is 0 Å². The Labute approximate surface area is 121 Å². The van der Waals surface area contributed by atoms with E-state index in [1.54, 1.807) is 6.92 Å². The summed E-state index contributed by atoms with van der Waals surface area (Å²) in [6, 6.07) is -0.0974. The van der Waals surface area contributed by atoms with E-state index in [-0.39, 0.29) is 24.0 Å². The van der Waals surface area contributed by atoms with E-state index in [0.29, 0.717) is 6.42 Å². The van der Waals surface area contributed by atoms with Gasteiger partial charge >= 0.3 is 12.0 Å². The Morgan fingerprint density at radius 3 is 2.50 bits per heavy atom. The molecule has 0 bridgehead atoms. The summed E-state index contributed by atoms with van der Waals surface area (Å²) < 4.78 is 0. The van der Waals surface area contributed by atoms with Crippen LogP contribution in [0, 0.1) is 10.8 Å². The van der Waals surface area contributed by atoms with Gasteiger partial charge in [0.15, 0.2) is 0 Å². The summed E-state index contributed by atoms with van der Waals surface area (Å²) in [5, 5.41) is 14.9. The predicted octanol–water partition coefficient (Wildman–Crippen LogP) is 2.76. The first kappa shape index (κ1) is 16.8. The summed E-state index contributed by atoms with van der Waals surface area (Å²) in [7, 11) is 0. The molecular formula is C15H28N2O3. The lowest BCUT2D eigenvalue weighted by Crippen LogP contribution is -2.52. The van der Waals surface area contributed by atoms with Gasteiger partial charge in [-0.05, 0) is 31.6 Å². The molecule has 1 fully saturated rings. The van der Waals surface area contributed by atoms with Gasteiger partial charge in [-0.3, -0.25) is 4.79 Å². The molecule has 0 heterocycles. The first-order chi connectivity index (χ1) is 9.21. The molecule has 2 atom stereocenters. The smallest absolute Gasteiger partial charge is 0.315 e. The number of carboxylic acids is 1. The standard InChI is InChI=1S/C15H28N2O3/c1-5-15(4,12(18)19)10-16-13(20)17-11-8-6-7-9-14(11,2)3/h11H,5-10H2,1-4H3,(H,18,19)(H2,16,17,20). The minimum absolute atomic E-state index is 0.108. The topological polar surface area (TPSA) is 78.4 Å². The molecule has 0 radical (unpaired) electrons. The first-order valence-electron chi connectivity index (χ1n) is 7.49. The van der Waals surface area contributed by atoms with Gasteiger partial charge in [-0.25, -0.2) is 4.79 Å². The number of nitrogens with one attached hydrogen (secondary N) is 2. The van der Waals surface area contributed by atoms with Gasteiger partial charge in [-0.1, -0.05) is 33.6 Å². The molecule has 2 amide bonds. The van der Waals surface area contributed by atoms with Gasteiger partial charge in [-0.15, -0.1) is 0 Å². The molecule has 0 aromatic heterocycles. The first-order valence-corrected chi connectivity index (χ1v) is 7.49. The van der Waals surface area contributed by atoms with Crippen LogP contribution in [0.15, 0.2) is 0 Å². The Kier molecular flexibility index (Phi) is 5.42. The predicted molar refractivity (Wildman–Crippen MR) is 78.6 cm³/mol. The Morgan fingerprint density at radius 2 is 2.00 bits per heavy atom. The maximum atomic E-state index is 12.0. The zero-order valence-corrected chi connectivity index (χ0v) is 13.1. The minimum atomic E-state index is -0.903. The van der Waals surface area contributed by atoms with Crippen LogP contribution in [0.4, 0.5) is 4.79 Å².